The van der Waals surface area contributed by atoms with Gasteiger partial charge in [-0.2, -0.15) is 0 Å². The van der Waals surface area contributed by atoms with Crippen molar-refractivity contribution in [2.24, 2.45) is 0 Å². The van der Waals surface area contributed by atoms with Gasteiger partial charge in [-0.25, -0.2) is 9.78 Å². The molecular weight excluding hydrogens is 350 g/mol. The fraction of sp³-hybridized carbons (Fsp3) is 0.263. The topological polar surface area (TPSA) is 65.9 Å². The Bertz CT molecular complexity index is 950. The second kappa shape index (κ2) is 6.49. The van der Waals surface area contributed by atoms with Crippen LogP contribution in [-0.4, -0.2) is 53.2 Å². The van der Waals surface area contributed by atoms with Crippen LogP contribution in [0.5, 0.6) is 11.5 Å². The molecule has 4 rings (SSSR count). The molecule has 26 heavy (non-hydrogen) atoms. The van der Waals surface area contributed by atoms with Gasteiger partial charge in [-0.15, -0.1) is 11.3 Å². The molecule has 6 nitrogen and oxygen atoms in total. The molecule has 2 aromatic carbocycles. The molecule has 0 radical (unpaired) electrons. The van der Waals surface area contributed by atoms with E-state index >= 15 is 0 Å². The number of hydrogen-bond donors (Lipinski definition) is 1. The molecule has 1 aliphatic rings. The van der Waals surface area contributed by atoms with Crippen molar-refractivity contribution < 1.29 is 14.6 Å². The summed E-state index contributed by atoms with van der Waals surface area (Å²) in [5.41, 5.74) is 2.54. The number of fused-ring (bicyclic) bond motifs is 2. The molecule has 0 aliphatic carbocycles. The molecule has 3 aromatic rings. The number of thiazole rings is 1. The normalized spacial score (nSPS) is 13.8. The molecular formula is C19H19N3O3S. The Kier molecular flexibility index (Phi) is 4.16. The van der Waals surface area contributed by atoms with Gasteiger partial charge in [-0.3, -0.25) is 0 Å². The number of benzene rings is 2. The Labute approximate surface area is 155 Å². The van der Waals surface area contributed by atoms with Crippen LogP contribution in [0.25, 0.3) is 20.8 Å². The van der Waals surface area contributed by atoms with Crippen molar-refractivity contribution in [3.05, 3.63) is 42.0 Å². The molecule has 7 heteroatoms. The van der Waals surface area contributed by atoms with Crippen molar-refractivity contribution in [3.63, 3.8) is 0 Å². The number of phenolic OH excluding ortho intramolecular Hbond substituents is 1. The maximum Gasteiger partial charge on any atom is 0.319 e. The predicted molar refractivity (Wildman–Crippen MR) is 102 cm³/mol. The molecule has 0 saturated heterocycles. The van der Waals surface area contributed by atoms with Crippen molar-refractivity contribution in [1.82, 2.24) is 14.8 Å². The summed E-state index contributed by atoms with van der Waals surface area (Å²) < 4.78 is 6.80. The van der Waals surface area contributed by atoms with E-state index in [0.717, 1.165) is 26.4 Å². The molecule has 134 valence electrons. The van der Waals surface area contributed by atoms with E-state index in [1.54, 1.807) is 41.3 Å². The van der Waals surface area contributed by atoms with Crippen molar-refractivity contribution in [2.75, 3.05) is 27.2 Å². The predicted octanol–water partition coefficient (Wildman–Crippen LogP) is 3.54. The first-order chi connectivity index (χ1) is 12.5. The van der Waals surface area contributed by atoms with Crippen LogP contribution in [0.2, 0.25) is 0 Å². The third kappa shape index (κ3) is 2.94. The van der Waals surface area contributed by atoms with Gasteiger partial charge < -0.3 is 19.6 Å². The lowest BCUT2D eigenvalue weighted by molar-refractivity contribution is 0.162. The number of para-hydroxylation sites is 1. The minimum Gasteiger partial charge on any atom is -0.504 e. The zero-order valence-electron chi connectivity index (χ0n) is 14.6. The molecule has 2 heterocycles. The summed E-state index contributed by atoms with van der Waals surface area (Å²) in [6.07, 6.45) is 0. The van der Waals surface area contributed by atoms with Crippen LogP contribution in [0.15, 0.2) is 36.4 Å². The number of rotatable bonds is 1. The third-order valence-corrected chi connectivity index (χ3v) is 5.39. The highest BCUT2D eigenvalue weighted by atomic mass is 32.1. The summed E-state index contributed by atoms with van der Waals surface area (Å²) in [7, 11) is 3.45. The molecule has 1 aromatic heterocycles. The summed E-state index contributed by atoms with van der Waals surface area (Å²) in [6.45, 7) is 1.21. The van der Waals surface area contributed by atoms with Crippen molar-refractivity contribution in [2.45, 2.75) is 6.54 Å². The Hall–Kier alpha value is -2.80. The summed E-state index contributed by atoms with van der Waals surface area (Å²) in [4.78, 5) is 20.3. The van der Waals surface area contributed by atoms with Crippen molar-refractivity contribution >= 4 is 27.6 Å². The minimum atomic E-state index is -0.0775. The van der Waals surface area contributed by atoms with Gasteiger partial charge in [0.05, 0.1) is 23.3 Å². The molecule has 0 saturated carbocycles. The molecule has 0 spiro atoms. The van der Waals surface area contributed by atoms with Crippen LogP contribution < -0.4 is 4.74 Å². The number of ether oxygens (including phenoxy) is 1. The monoisotopic (exact) mass is 369 g/mol. The smallest absolute Gasteiger partial charge is 0.319 e. The Morgan fingerprint density at radius 2 is 2.12 bits per heavy atom. The highest BCUT2D eigenvalue weighted by Crippen LogP contribution is 2.39. The van der Waals surface area contributed by atoms with E-state index in [1.807, 2.05) is 30.3 Å². The third-order valence-electron chi connectivity index (χ3n) is 4.31. The van der Waals surface area contributed by atoms with E-state index in [2.05, 4.69) is 4.98 Å². The van der Waals surface area contributed by atoms with Gasteiger partial charge in [0.2, 0.25) is 0 Å². The number of aromatic hydroxyl groups is 1. The Morgan fingerprint density at radius 1 is 1.31 bits per heavy atom. The lowest BCUT2D eigenvalue weighted by Crippen LogP contribution is -2.39. The maximum atomic E-state index is 12.3. The average molecular weight is 369 g/mol. The van der Waals surface area contributed by atoms with Crippen LogP contribution in [0.1, 0.15) is 5.56 Å². The number of urea groups is 1. The number of aromatic nitrogens is 1. The van der Waals surface area contributed by atoms with Gasteiger partial charge in [0.1, 0.15) is 11.6 Å². The molecule has 1 N–H and O–H groups in total. The van der Waals surface area contributed by atoms with Crippen molar-refractivity contribution in [3.8, 4) is 22.1 Å². The lowest BCUT2D eigenvalue weighted by Gasteiger charge is -2.23. The van der Waals surface area contributed by atoms with E-state index in [9.17, 15) is 9.90 Å². The van der Waals surface area contributed by atoms with Gasteiger partial charge in [-0.1, -0.05) is 12.1 Å². The lowest BCUT2D eigenvalue weighted by atomic mass is 10.1. The fourth-order valence-corrected chi connectivity index (χ4v) is 4.02. The second-order valence-electron chi connectivity index (χ2n) is 6.42. The summed E-state index contributed by atoms with van der Waals surface area (Å²) >= 11 is 1.58. The van der Waals surface area contributed by atoms with Crippen molar-refractivity contribution in [1.29, 1.82) is 0 Å². The highest BCUT2D eigenvalue weighted by molar-refractivity contribution is 7.21. The zero-order valence-corrected chi connectivity index (χ0v) is 15.4. The standard InChI is InChI=1S/C19H19N3O3S/c1-21(2)19(24)22-7-8-25-17-13(11-22)9-12(10-15(17)23)18-20-14-5-3-4-6-16(14)26-18/h3-6,9-10,23H,7-8,11H2,1-2H3. The molecule has 2 amide bonds. The first-order valence-electron chi connectivity index (χ1n) is 8.34. The molecule has 0 unspecified atom stereocenters. The number of phenols is 1. The van der Waals surface area contributed by atoms with Crippen LogP contribution in [0.3, 0.4) is 0 Å². The number of hydrogen-bond acceptors (Lipinski definition) is 5. The summed E-state index contributed by atoms with van der Waals surface area (Å²) in [5, 5.41) is 11.3. The first-order valence-corrected chi connectivity index (χ1v) is 9.15. The van der Waals surface area contributed by atoms with E-state index in [1.165, 1.54) is 0 Å². The van der Waals surface area contributed by atoms with Gasteiger partial charge in [0.15, 0.2) is 11.5 Å². The molecule has 0 fully saturated rings. The second-order valence-corrected chi connectivity index (χ2v) is 7.45. The zero-order chi connectivity index (χ0) is 18.3. The van der Waals surface area contributed by atoms with Gasteiger partial charge in [0.25, 0.3) is 0 Å². The summed E-state index contributed by atoms with van der Waals surface area (Å²) in [6, 6.07) is 11.5. The highest BCUT2D eigenvalue weighted by Gasteiger charge is 2.24. The first kappa shape index (κ1) is 16.7. The van der Waals surface area contributed by atoms with Gasteiger partial charge in [0, 0.05) is 25.2 Å². The number of nitrogens with zero attached hydrogens (tertiary/aromatic N) is 3. The van der Waals surface area contributed by atoms with E-state index < -0.39 is 0 Å². The minimum absolute atomic E-state index is 0.0775. The number of amides is 2. The number of carbonyl (C=O) groups excluding carboxylic acids is 1. The quantitative estimate of drug-likeness (QED) is 0.712. The fourth-order valence-electron chi connectivity index (χ4n) is 3.06. The Morgan fingerprint density at radius 3 is 2.88 bits per heavy atom. The van der Waals surface area contributed by atoms with E-state index in [-0.39, 0.29) is 11.8 Å². The largest absolute Gasteiger partial charge is 0.504 e. The van der Waals surface area contributed by atoms with E-state index in [0.29, 0.717) is 25.4 Å². The van der Waals surface area contributed by atoms with E-state index in [4.69, 9.17) is 4.74 Å². The Balaban J connectivity index is 1.75. The van der Waals surface area contributed by atoms with Crippen LogP contribution in [0, 0.1) is 0 Å². The van der Waals surface area contributed by atoms with Crippen LogP contribution in [-0.2, 0) is 6.54 Å². The maximum absolute atomic E-state index is 12.3. The average Bonchev–Trinajstić information content (AvgIpc) is 2.94. The molecule has 0 atom stereocenters. The van der Waals surface area contributed by atoms with Gasteiger partial charge in [-0.05, 0) is 24.3 Å². The summed E-state index contributed by atoms with van der Waals surface area (Å²) in [5.74, 6) is 0.528. The van der Waals surface area contributed by atoms with Gasteiger partial charge >= 0.3 is 6.03 Å². The van der Waals surface area contributed by atoms with Crippen LogP contribution in [0.4, 0.5) is 4.79 Å². The molecule has 0 bridgehead atoms. The SMILES string of the molecule is CN(C)C(=O)N1CCOc2c(O)cc(-c3nc4ccccc4s3)cc2C1. The number of carbonyl (C=O) groups is 1. The molecule has 1 aliphatic heterocycles. The van der Waals surface area contributed by atoms with Crippen LogP contribution >= 0.6 is 11.3 Å².